The van der Waals surface area contributed by atoms with E-state index in [0.29, 0.717) is 11.3 Å². The minimum Gasteiger partial charge on any atom is -0.481 e. The predicted molar refractivity (Wildman–Crippen MR) is 54.8 cm³/mol. The van der Waals surface area contributed by atoms with E-state index in [-0.39, 0.29) is 0 Å². The molecule has 0 aromatic carbocycles. The molecule has 3 nitrogen and oxygen atoms in total. The van der Waals surface area contributed by atoms with E-state index in [0.717, 1.165) is 6.92 Å². The Morgan fingerprint density at radius 1 is 1.57 bits per heavy atom. The molecule has 0 amide bonds. The summed E-state index contributed by atoms with van der Waals surface area (Å²) < 4.78 is 0. The Balaban J connectivity index is 0.000000213. The minimum absolute atomic E-state index is 0.597. The number of carbonyl (C=O) groups is 1. The van der Waals surface area contributed by atoms with Gasteiger partial charge in [0, 0.05) is 12.8 Å². The lowest BCUT2D eigenvalue weighted by molar-refractivity contribution is -0.134. The van der Waals surface area contributed by atoms with Crippen LogP contribution in [0.5, 0.6) is 0 Å². The van der Waals surface area contributed by atoms with Crippen LogP contribution < -0.4 is 5.32 Å². The Morgan fingerprint density at radius 3 is 2.43 bits per heavy atom. The van der Waals surface area contributed by atoms with Gasteiger partial charge in [-0.1, -0.05) is 0 Å². The first-order valence-corrected chi connectivity index (χ1v) is 4.97. The van der Waals surface area contributed by atoms with Crippen LogP contribution in [-0.4, -0.2) is 24.2 Å². The molecule has 78 valence electrons. The summed E-state index contributed by atoms with van der Waals surface area (Å²) >= 11 is 0. The van der Waals surface area contributed by atoms with Gasteiger partial charge in [0.25, 0.3) is 5.97 Å². The van der Waals surface area contributed by atoms with Crippen LogP contribution in [0.25, 0.3) is 0 Å². The van der Waals surface area contributed by atoms with Crippen LogP contribution in [0, 0.1) is 23.7 Å². The van der Waals surface area contributed by atoms with Crippen molar-refractivity contribution in [2.45, 2.75) is 26.2 Å². The summed E-state index contributed by atoms with van der Waals surface area (Å²) in [6.07, 6.45) is 9.28. The van der Waals surface area contributed by atoms with Gasteiger partial charge in [-0.05, 0) is 37.8 Å². The third-order valence-corrected chi connectivity index (χ3v) is 2.99. The van der Waals surface area contributed by atoms with Gasteiger partial charge in [0.05, 0.1) is 0 Å². The highest BCUT2D eigenvalue weighted by Crippen LogP contribution is 2.57. The summed E-state index contributed by atoms with van der Waals surface area (Å²) in [6.45, 7) is 3.44. The average Bonchev–Trinajstić information content (AvgIpc) is 2.79. The second kappa shape index (κ2) is 4.47. The fraction of sp³-hybridized carbons (Fsp3) is 0.727. The largest absolute Gasteiger partial charge is 0.481 e. The highest BCUT2D eigenvalue weighted by Gasteiger charge is 2.52. The molecule has 1 saturated carbocycles. The third kappa shape index (κ3) is 2.74. The monoisotopic (exact) mass is 195 g/mol. The highest BCUT2D eigenvalue weighted by atomic mass is 16.4. The molecule has 2 aliphatic rings. The van der Waals surface area contributed by atoms with Gasteiger partial charge in [0.2, 0.25) is 0 Å². The quantitative estimate of drug-likeness (QED) is 0.569. The van der Waals surface area contributed by atoms with Crippen LogP contribution in [0.3, 0.4) is 0 Å². The van der Waals surface area contributed by atoms with Crippen molar-refractivity contribution in [1.29, 1.82) is 0 Å². The van der Waals surface area contributed by atoms with Crippen molar-refractivity contribution >= 4 is 5.97 Å². The Labute approximate surface area is 84.9 Å². The lowest BCUT2D eigenvalue weighted by atomic mass is 9.92. The molecule has 1 unspecified atom stereocenters. The molecular weight excluding hydrogens is 178 g/mol. The molecule has 2 N–H and O–H groups in total. The lowest BCUT2D eigenvalue weighted by Gasteiger charge is -2.22. The first-order valence-electron chi connectivity index (χ1n) is 4.97. The van der Waals surface area contributed by atoms with E-state index in [2.05, 4.69) is 11.2 Å². The molecule has 0 aromatic rings. The number of piperidine rings is 1. The van der Waals surface area contributed by atoms with Crippen molar-refractivity contribution in [3.63, 3.8) is 0 Å². The maximum absolute atomic E-state index is 9.00. The zero-order valence-corrected chi connectivity index (χ0v) is 8.55. The number of carboxylic acids is 1. The fourth-order valence-corrected chi connectivity index (χ4v) is 2.06. The van der Waals surface area contributed by atoms with E-state index in [1.54, 1.807) is 0 Å². The van der Waals surface area contributed by atoms with Crippen molar-refractivity contribution in [3.05, 3.63) is 0 Å². The van der Waals surface area contributed by atoms with E-state index < -0.39 is 5.97 Å². The van der Waals surface area contributed by atoms with Gasteiger partial charge in [-0.3, -0.25) is 4.79 Å². The van der Waals surface area contributed by atoms with E-state index in [4.69, 9.17) is 16.3 Å². The zero-order valence-electron chi connectivity index (χ0n) is 8.55. The Morgan fingerprint density at radius 2 is 2.07 bits per heavy atom. The van der Waals surface area contributed by atoms with Crippen LogP contribution in [0.2, 0.25) is 0 Å². The van der Waals surface area contributed by atoms with Crippen LogP contribution in [0.1, 0.15) is 26.2 Å². The van der Waals surface area contributed by atoms with Crippen molar-refractivity contribution in [3.8, 4) is 12.3 Å². The molecule has 0 radical (unpaired) electrons. The molecule has 0 aromatic heterocycles. The molecule has 1 saturated heterocycles. The maximum Gasteiger partial charge on any atom is 0.300 e. The summed E-state index contributed by atoms with van der Waals surface area (Å²) in [5.74, 6) is 2.66. The van der Waals surface area contributed by atoms with Gasteiger partial charge in [-0.2, -0.15) is 0 Å². The Bertz CT molecular complexity index is 245. The van der Waals surface area contributed by atoms with E-state index in [9.17, 15) is 0 Å². The summed E-state index contributed by atoms with van der Waals surface area (Å²) in [5, 5.41) is 10.8. The van der Waals surface area contributed by atoms with Crippen LogP contribution >= 0.6 is 0 Å². The van der Waals surface area contributed by atoms with Crippen LogP contribution in [0.15, 0.2) is 0 Å². The lowest BCUT2D eigenvalue weighted by Crippen LogP contribution is -2.29. The number of rotatable bonds is 0. The number of hydrogen-bond acceptors (Lipinski definition) is 2. The number of terminal acetylenes is 1. The first-order chi connectivity index (χ1) is 6.60. The van der Waals surface area contributed by atoms with Crippen molar-refractivity contribution in [1.82, 2.24) is 5.32 Å². The smallest absolute Gasteiger partial charge is 0.300 e. The molecule has 0 bridgehead atoms. The Hall–Kier alpha value is -1.01. The molecule has 2 rings (SSSR count). The summed E-state index contributed by atoms with van der Waals surface area (Å²) in [5.41, 5.74) is 0.597. The molecule has 3 heteroatoms. The van der Waals surface area contributed by atoms with Crippen molar-refractivity contribution in [2.75, 3.05) is 13.1 Å². The van der Waals surface area contributed by atoms with Gasteiger partial charge in [0.1, 0.15) is 0 Å². The molecule has 2 fully saturated rings. The molecule has 14 heavy (non-hydrogen) atoms. The average molecular weight is 195 g/mol. The molecule has 1 atom stereocenters. The Kier molecular flexibility index (Phi) is 3.54. The van der Waals surface area contributed by atoms with Crippen molar-refractivity contribution < 1.29 is 9.90 Å². The van der Waals surface area contributed by atoms with Gasteiger partial charge >= 0.3 is 0 Å². The highest BCUT2D eigenvalue weighted by molar-refractivity contribution is 5.62. The van der Waals surface area contributed by atoms with E-state index >= 15 is 0 Å². The van der Waals surface area contributed by atoms with Crippen LogP contribution in [0.4, 0.5) is 0 Å². The minimum atomic E-state index is -0.833. The summed E-state index contributed by atoms with van der Waals surface area (Å²) in [6, 6.07) is 0. The standard InChI is InChI=1S/C9H13N.C2H4O2/c1-2-8-7-9(8)3-5-10-6-4-9;1-2(3)4/h1,8,10H,3-7H2;1H3,(H,3,4). The fourth-order valence-electron chi connectivity index (χ4n) is 2.06. The molecule has 1 spiro atoms. The number of aliphatic carboxylic acids is 1. The molecule has 1 heterocycles. The van der Waals surface area contributed by atoms with Crippen LogP contribution in [-0.2, 0) is 4.79 Å². The molecule has 1 aliphatic carbocycles. The summed E-state index contributed by atoms with van der Waals surface area (Å²) in [4.78, 5) is 9.00. The van der Waals surface area contributed by atoms with Gasteiger partial charge < -0.3 is 10.4 Å². The SMILES string of the molecule is C#CC1CC12CCNCC2.CC(=O)O. The van der Waals surface area contributed by atoms with Gasteiger partial charge in [-0.25, -0.2) is 0 Å². The number of hydrogen-bond donors (Lipinski definition) is 2. The second-order valence-electron chi connectivity index (χ2n) is 4.05. The molecular formula is C11H17NO2. The van der Waals surface area contributed by atoms with Gasteiger partial charge in [0.15, 0.2) is 0 Å². The molecule has 1 aliphatic heterocycles. The van der Waals surface area contributed by atoms with E-state index in [1.807, 2.05) is 0 Å². The maximum atomic E-state index is 9.00. The predicted octanol–water partition coefficient (Wildman–Crippen LogP) is 1.10. The normalized spacial score (nSPS) is 27.0. The van der Waals surface area contributed by atoms with E-state index in [1.165, 1.54) is 32.4 Å². The number of carboxylic acid groups (broad SMARTS) is 1. The summed E-state index contributed by atoms with van der Waals surface area (Å²) in [7, 11) is 0. The van der Waals surface area contributed by atoms with Gasteiger partial charge in [-0.15, -0.1) is 12.3 Å². The topological polar surface area (TPSA) is 49.3 Å². The first kappa shape index (κ1) is 11.1. The second-order valence-corrected chi connectivity index (χ2v) is 4.05. The third-order valence-electron chi connectivity index (χ3n) is 2.99. The number of nitrogens with one attached hydrogen (secondary N) is 1. The zero-order chi connectivity index (χ0) is 10.6. The van der Waals surface area contributed by atoms with Crippen molar-refractivity contribution in [2.24, 2.45) is 11.3 Å².